The van der Waals surface area contributed by atoms with E-state index in [1.165, 1.54) is 11.1 Å². The average Bonchev–Trinajstić information content (AvgIpc) is 2.45. The molecule has 0 aliphatic carbocycles. The topological polar surface area (TPSA) is 9.23 Å². The highest BCUT2D eigenvalue weighted by molar-refractivity contribution is 5.64. The van der Waals surface area contributed by atoms with E-state index in [9.17, 15) is 0 Å². The van der Waals surface area contributed by atoms with Gasteiger partial charge < -0.3 is 4.74 Å². The fourth-order valence-corrected chi connectivity index (χ4v) is 2.10. The van der Waals surface area contributed by atoms with Crippen molar-refractivity contribution in [2.75, 3.05) is 0 Å². The molecule has 0 N–H and O–H groups in total. The third-order valence-electron chi connectivity index (χ3n) is 3.51. The van der Waals surface area contributed by atoms with E-state index in [-0.39, 0.29) is 5.41 Å². The number of hydrogen-bond acceptors (Lipinski definition) is 1. The monoisotopic (exact) mass is 280 g/mol. The van der Waals surface area contributed by atoms with Crippen LogP contribution in [0.5, 0.6) is 5.75 Å². The first-order valence-electron chi connectivity index (χ1n) is 7.34. The van der Waals surface area contributed by atoms with Crippen LogP contribution in [0.2, 0.25) is 0 Å². The summed E-state index contributed by atoms with van der Waals surface area (Å²) in [4.78, 5) is 0. The number of allylic oxidation sites excluding steroid dienone is 1. The van der Waals surface area contributed by atoms with Crippen molar-refractivity contribution in [1.29, 1.82) is 0 Å². The van der Waals surface area contributed by atoms with Gasteiger partial charge in [0.2, 0.25) is 0 Å². The highest BCUT2D eigenvalue weighted by Gasteiger charge is 2.16. The van der Waals surface area contributed by atoms with Crippen LogP contribution in [0.15, 0.2) is 55.1 Å². The molecule has 1 nitrogen and oxygen atoms in total. The van der Waals surface area contributed by atoms with Crippen LogP contribution in [0.25, 0.3) is 5.57 Å². The Morgan fingerprint density at radius 2 is 1.71 bits per heavy atom. The van der Waals surface area contributed by atoms with Crippen molar-refractivity contribution < 1.29 is 4.74 Å². The quantitative estimate of drug-likeness (QED) is 0.708. The summed E-state index contributed by atoms with van der Waals surface area (Å²) in [6.45, 7) is 13.3. The summed E-state index contributed by atoms with van der Waals surface area (Å²) in [5, 5.41) is 0. The molecule has 0 radical (unpaired) electrons. The molecule has 0 atom stereocenters. The van der Waals surface area contributed by atoms with Crippen LogP contribution in [0.3, 0.4) is 0 Å². The van der Waals surface area contributed by atoms with Crippen molar-refractivity contribution in [1.82, 2.24) is 0 Å². The molecule has 2 rings (SSSR count). The largest absolute Gasteiger partial charge is 0.489 e. The number of rotatable bonds is 4. The van der Waals surface area contributed by atoms with Gasteiger partial charge in [0, 0.05) is 0 Å². The highest BCUT2D eigenvalue weighted by atomic mass is 16.5. The molecule has 1 heteroatoms. The van der Waals surface area contributed by atoms with Gasteiger partial charge in [0.25, 0.3) is 0 Å². The molecular weight excluding hydrogens is 256 g/mol. The summed E-state index contributed by atoms with van der Waals surface area (Å²) in [5.41, 5.74) is 4.74. The molecule has 0 heterocycles. The fraction of sp³-hybridized carbons (Fsp3) is 0.300. The van der Waals surface area contributed by atoms with E-state index in [1.54, 1.807) is 0 Å². The maximum Gasteiger partial charge on any atom is 0.120 e. The maximum absolute atomic E-state index is 5.98. The first-order valence-corrected chi connectivity index (χ1v) is 7.34. The van der Waals surface area contributed by atoms with Crippen LogP contribution in [0.1, 0.15) is 44.4 Å². The molecular formula is C20H24O. The molecule has 0 aliphatic rings. The Balaban J connectivity index is 2.26. The molecule has 0 saturated heterocycles. The Morgan fingerprint density at radius 3 is 2.29 bits per heavy atom. The van der Waals surface area contributed by atoms with Gasteiger partial charge in [-0.1, -0.05) is 69.3 Å². The van der Waals surface area contributed by atoms with Crippen LogP contribution in [0, 0.1) is 0 Å². The smallest absolute Gasteiger partial charge is 0.120 e. The van der Waals surface area contributed by atoms with Crippen molar-refractivity contribution in [2.24, 2.45) is 0 Å². The second-order valence-electron chi connectivity index (χ2n) is 6.55. The van der Waals surface area contributed by atoms with Crippen molar-refractivity contribution in [3.63, 3.8) is 0 Å². The predicted octanol–water partition coefficient (Wildman–Crippen LogP) is 5.60. The van der Waals surface area contributed by atoms with Gasteiger partial charge >= 0.3 is 0 Å². The molecule has 0 saturated carbocycles. The number of hydrogen-bond donors (Lipinski definition) is 0. The second-order valence-corrected chi connectivity index (χ2v) is 6.55. The van der Waals surface area contributed by atoms with Gasteiger partial charge in [-0.05, 0) is 41.2 Å². The molecule has 0 fully saturated rings. The Kier molecular flexibility index (Phi) is 4.52. The van der Waals surface area contributed by atoms with Crippen molar-refractivity contribution in [2.45, 2.75) is 39.7 Å². The summed E-state index contributed by atoms with van der Waals surface area (Å²) in [7, 11) is 0. The molecule has 0 bridgehead atoms. The van der Waals surface area contributed by atoms with E-state index in [4.69, 9.17) is 4.74 Å². The first-order chi connectivity index (χ1) is 9.86. The minimum Gasteiger partial charge on any atom is -0.489 e. The Hall–Kier alpha value is -2.02. The van der Waals surface area contributed by atoms with Gasteiger partial charge in [-0.15, -0.1) is 0 Å². The summed E-state index contributed by atoms with van der Waals surface area (Å²) in [6.07, 6.45) is 0. The highest BCUT2D eigenvalue weighted by Crippen LogP contribution is 2.30. The van der Waals surface area contributed by atoms with E-state index < -0.39 is 0 Å². The summed E-state index contributed by atoms with van der Waals surface area (Å²) in [6, 6.07) is 16.6. The van der Waals surface area contributed by atoms with Crippen LogP contribution in [-0.2, 0) is 12.0 Å². The summed E-state index contributed by atoms with van der Waals surface area (Å²) in [5.74, 6) is 0.907. The lowest BCUT2D eigenvalue weighted by Gasteiger charge is -2.21. The van der Waals surface area contributed by atoms with Gasteiger partial charge in [0.15, 0.2) is 0 Å². The summed E-state index contributed by atoms with van der Waals surface area (Å²) < 4.78 is 5.98. The average molecular weight is 280 g/mol. The van der Waals surface area contributed by atoms with E-state index in [1.807, 2.05) is 25.1 Å². The lowest BCUT2D eigenvalue weighted by Crippen LogP contribution is -2.11. The van der Waals surface area contributed by atoms with Gasteiger partial charge in [0.1, 0.15) is 12.4 Å². The lowest BCUT2D eigenvalue weighted by atomic mass is 9.85. The molecule has 0 aromatic heterocycles. The minimum absolute atomic E-state index is 0.0936. The normalized spacial score (nSPS) is 11.2. The zero-order valence-electron chi connectivity index (χ0n) is 13.4. The molecule has 2 aromatic rings. The van der Waals surface area contributed by atoms with Crippen LogP contribution in [0.4, 0.5) is 0 Å². The van der Waals surface area contributed by atoms with E-state index in [2.05, 4.69) is 57.7 Å². The zero-order valence-corrected chi connectivity index (χ0v) is 13.4. The van der Waals surface area contributed by atoms with Crippen LogP contribution in [-0.4, -0.2) is 0 Å². The zero-order chi connectivity index (χ0) is 15.5. The van der Waals surface area contributed by atoms with Gasteiger partial charge in [-0.3, -0.25) is 0 Å². The van der Waals surface area contributed by atoms with Crippen LogP contribution < -0.4 is 4.74 Å². The first kappa shape index (κ1) is 15.4. The van der Waals surface area contributed by atoms with E-state index >= 15 is 0 Å². The molecule has 21 heavy (non-hydrogen) atoms. The van der Waals surface area contributed by atoms with Crippen molar-refractivity contribution in [3.8, 4) is 5.75 Å². The Morgan fingerprint density at radius 1 is 1.05 bits per heavy atom. The van der Waals surface area contributed by atoms with Gasteiger partial charge in [-0.2, -0.15) is 0 Å². The van der Waals surface area contributed by atoms with E-state index in [0.29, 0.717) is 6.61 Å². The van der Waals surface area contributed by atoms with Gasteiger partial charge in [0.05, 0.1) is 0 Å². The second kappa shape index (κ2) is 6.17. The maximum atomic E-state index is 5.98. The molecule has 2 aromatic carbocycles. The van der Waals surface area contributed by atoms with Gasteiger partial charge in [-0.25, -0.2) is 0 Å². The molecule has 0 amide bonds. The SMILES string of the molecule is C=C(C)c1cc(OCc2ccccc2)cc(C(C)(C)C)c1. The minimum atomic E-state index is 0.0936. The van der Waals surface area contributed by atoms with Crippen molar-refractivity contribution in [3.05, 3.63) is 71.8 Å². The number of benzene rings is 2. The third kappa shape index (κ3) is 4.22. The van der Waals surface area contributed by atoms with Crippen molar-refractivity contribution >= 4 is 5.57 Å². The predicted molar refractivity (Wildman–Crippen MR) is 90.6 cm³/mol. The fourth-order valence-electron chi connectivity index (χ4n) is 2.10. The Labute approximate surface area is 128 Å². The molecule has 0 unspecified atom stereocenters. The lowest BCUT2D eigenvalue weighted by molar-refractivity contribution is 0.305. The third-order valence-corrected chi connectivity index (χ3v) is 3.51. The Bertz CT molecular complexity index is 618. The van der Waals surface area contributed by atoms with E-state index in [0.717, 1.165) is 16.9 Å². The molecule has 0 spiro atoms. The standard InChI is InChI=1S/C20H24O/c1-15(2)17-11-18(20(3,4)5)13-19(12-17)21-14-16-9-7-6-8-10-16/h6-13H,1,14H2,2-5H3. The van der Waals surface area contributed by atoms with Crippen LogP contribution >= 0.6 is 0 Å². The summed E-state index contributed by atoms with van der Waals surface area (Å²) >= 11 is 0. The molecule has 0 aliphatic heterocycles. The number of ether oxygens (including phenoxy) is 1. The molecule has 110 valence electrons.